The molecule has 1 fully saturated rings. The topological polar surface area (TPSA) is 68.6 Å². The number of nitriles is 1. The number of carbonyl (C=O) groups is 1. The molecule has 1 aliphatic heterocycles. The maximum Gasteiger partial charge on any atom is 0.261 e. The lowest BCUT2D eigenvalue weighted by Gasteiger charge is -2.35. The maximum atomic E-state index is 12.7. The molecular weight excluding hydrogens is 416 g/mol. The molecule has 0 spiro atoms. The summed E-state index contributed by atoms with van der Waals surface area (Å²) in [6.45, 7) is 6.49. The van der Waals surface area contributed by atoms with Gasteiger partial charge in [-0.1, -0.05) is 22.9 Å². The summed E-state index contributed by atoms with van der Waals surface area (Å²) in [6, 6.07) is 7.53. The van der Waals surface area contributed by atoms with Gasteiger partial charge in [-0.2, -0.15) is 5.26 Å². The van der Waals surface area contributed by atoms with Crippen molar-refractivity contribution in [3.63, 3.8) is 0 Å². The van der Waals surface area contributed by atoms with Gasteiger partial charge < -0.3 is 9.64 Å². The molecule has 0 saturated carbocycles. The standard InChI is InChI=1S/C18H23BrN4O2S/c1-2-12-25-16-5-4-14(19)13-15(16)17(24)21-18(26)23-10-8-22(9-11-23)7-3-6-20/h4-5,13H,2-3,7-12H2,1H3,(H,21,24,26). The number of rotatable bonds is 6. The van der Waals surface area contributed by atoms with E-state index in [2.05, 4.69) is 32.2 Å². The highest BCUT2D eigenvalue weighted by atomic mass is 79.9. The Morgan fingerprint density at radius 3 is 2.77 bits per heavy atom. The number of hydrogen-bond donors (Lipinski definition) is 1. The number of hydrogen-bond acceptors (Lipinski definition) is 5. The second-order valence-corrected chi connectivity index (χ2v) is 7.29. The van der Waals surface area contributed by atoms with Gasteiger partial charge in [-0.15, -0.1) is 0 Å². The number of benzene rings is 1. The average Bonchev–Trinajstić information content (AvgIpc) is 2.65. The summed E-state index contributed by atoms with van der Waals surface area (Å²) in [4.78, 5) is 16.9. The van der Waals surface area contributed by atoms with Crippen LogP contribution in [0.25, 0.3) is 0 Å². The van der Waals surface area contributed by atoms with Crippen LogP contribution in [0.3, 0.4) is 0 Å². The first-order valence-electron chi connectivity index (χ1n) is 8.67. The first kappa shape index (κ1) is 20.6. The fraction of sp³-hybridized carbons (Fsp3) is 0.500. The Balaban J connectivity index is 1.94. The molecule has 0 atom stereocenters. The minimum absolute atomic E-state index is 0.269. The largest absolute Gasteiger partial charge is 0.493 e. The molecule has 1 aliphatic rings. The van der Waals surface area contributed by atoms with Gasteiger partial charge in [0.15, 0.2) is 5.11 Å². The summed E-state index contributed by atoms with van der Waals surface area (Å²) in [6.07, 6.45) is 1.40. The molecule has 1 N–H and O–H groups in total. The number of carbonyl (C=O) groups excluding carboxylic acids is 1. The summed E-state index contributed by atoms with van der Waals surface area (Å²) < 4.78 is 6.48. The average molecular weight is 439 g/mol. The van der Waals surface area contributed by atoms with Gasteiger partial charge in [-0.25, -0.2) is 0 Å². The van der Waals surface area contributed by atoms with Crippen molar-refractivity contribution in [2.75, 3.05) is 39.3 Å². The van der Waals surface area contributed by atoms with Crippen LogP contribution in [0.2, 0.25) is 0 Å². The number of ether oxygens (including phenoxy) is 1. The van der Waals surface area contributed by atoms with Gasteiger partial charge in [0.25, 0.3) is 5.91 Å². The van der Waals surface area contributed by atoms with Crippen LogP contribution in [0.5, 0.6) is 5.75 Å². The Morgan fingerprint density at radius 1 is 1.38 bits per heavy atom. The zero-order valence-corrected chi connectivity index (χ0v) is 17.2. The van der Waals surface area contributed by atoms with E-state index >= 15 is 0 Å². The van der Waals surface area contributed by atoms with Crippen molar-refractivity contribution in [2.24, 2.45) is 0 Å². The number of thiocarbonyl (C=S) groups is 1. The van der Waals surface area contributed by atoms with Gasteiger partial charge >= 0.3 is 0 Å². The van der Waals surface area contributed by atoms with Gasteiger partial charge in [0.05, 0.1) is 18.2 Å². The van der Waals surface area contributed by atoms with Gasteiger partial charge in [-0.05, 0) is 36.8 Å². The molecule has 2 rings (SSSR count). The molecule has 140 valence electrons. The third kappa shape index (κ3) is 5.94. The van der Waals surface area contributed by atoms with Crippen molar-refractivity contribution in [3.8, 4) is 11.8 Å². The number of piperazine rings is 1. The summed E-state index contributed by atoms with van der Waals surface area (Å²) >= 11 is 8.81. The van der Waals surface area contributed by atoms with Crippen molar-refractivity contribution in [1.29, 1.82) is 5.26 Å². The van der Waals surface area contributed by atoms with Crippen LogP contribution in [-0.4, -0.2) is 60.2 Å². The van der Waals surface area contributed by atoms with E-state index < -0.39 is 0 Å². The van der Waals surface area contributed by atoms with Crippen molar-refractivity contribution in [3.05, 3.63) is 28.2 Å². The minimum Gasteiger partial charge on any atom is -0.493 e. The smallest absolute Gasteiger partial charge is 0.261 e. The fourth-order valence-corrected chi connectivity index (χ4v) is 3.28. The maximum absolute atomic E-state index is 12.7. The minimum atomic E-state index is -0.269. The van der Waals surface area contributed by atoms with Crippen LogP contribution >= 0.6 is 28.1 Å². The third-order valence-electron chi connectivity index (χ3n) is 4.07. The molecule has 26 heavy (non-hydrogen) atoms. The predicted octanol–water partition coefficient (Wildman–Crippen LogP) is 2.78. The van der Waals surface area contributed by atoms with E-state index in [1.807, 2.05) is 17.9 Å². The van der Waals surface area contributed by atoms with E-state index in [9.17, 15) is 4.79 Å². The SMILES string of the molecule is CCCOc1ccc(Br)cc1C(=O)NC(=S)N1CCN(CCC#N)CC1. The van der Waals surface area contributed by atoms with Crippen LogP contribution in [0.4, 0.5) is 0 Å². The number of halogens is 1. The van der Waals surface area contributed by atoms with Gasteiger partial charge in [0.2, 0.25) is 0 Å². The Labute approximate surface area is 168 Å². The van der Waals surface area contributed by atoms with Crippen molar-refractivity contribution < 1.29 is 9.53 Å². The zero-order valence-electron chi connectivity index (χ0n) is 14.8. The van der Waals surface area contributed by atoms with E-state index in [4.69, 9.17) is 22.2 Å². The molecule has 1 amide bonds. The molecule has 0 radical (unpaired) electrons. The Hall–Kier alpha value is -1.69. The van der Waals surface area contributed by atoms with Crippen molar-refractivity contribution in [2.45, 2.75) is 19.8 Å². The molecule has 1 saturated heterocycles. The van der Waals surface area contributed by atoms with Crippen LogP contribution in [0.15, 0.2) is 22.7 Å². The Morgan fingerprint density at radius 2 is 2.12 bits per heavy atom. The van der Waals surface area contributed by atoms with Crippen LogP contribution in [0, 0.1) is 11.3 Å². The molecule has 1 heterocycles. The lowest BCUT2D eigenvalue weighted by atomic mass is 10.2. The van der Waals surface area contributed by atoms with Gasteiger partial charge in [0.1, 0.15) is 5.75 Å². The molecule has 1 aromatic carbocycles. The zero-order chi connectivity index (χ0) is 18.9. The summed E-state index contributed by atoms with van der Waals surface area (Å²) in [5, 5.41) is 11.9. The van der Waals surface area contributed by atoms with Crippen LogP contribution in [-0.2, 0) is 0 Å². The molecule has 1 aromatic rings. The first-order chi connectivity index (χ1) is 12.5. The normalized spacial score (nSPS) is 14.6. The predicted molar refractivity (Wildman–Crippen MR) is 108 cm³/mol. The second-order valence-electron chi connectivity index (χ2n) is 5.99. The van der Waals surface area contributed by atoms with E-state index in [1.165, 1.54) is 0 Å². The Kier molecular flexibility index (Phi) is 8.29. The van der Waals surface area contributed by atoms with Crippen molar-refractivity contribution in [1.82, 2.24) is 15.1 Å². The van der Waals surface area contributed by atoms with E-state index in [0.29, 0.717) is 29.5 Å². The van der Waals surface area contributed by atoms with E-state index in [0.717, 1.165) is 43.6 Å². The lowest BCUT2D eigenvalue weighted by Crippen LogP contribution is -2.52. The highest BCUT2D eigenvalue weighted by Gasteiger charge is 2.21. The van der Waals surface area contributed by atoms with Gasteiger partial charge in [0, 0.05) is 43.6 Å². The number of amides is 1. The van der Waals surface area contributed by atoms with Crippen LogP contribution < -0.4 is 10.1 Å². The molecule has 8 heteroatoms. The highest BCUT2D eigenvalue weighted by Crippen LogP contribution is 2.23. The van der Waals surface area contributed by atoms with Crippen molar-refractivity contribution >= 4 is 39.2 Å². The van der Waals surface area contributed by atoms with Gasteiger partial charge in [-0.3, -0.25) is 15.0 Å². The molecule has 6 nitrogen and oxygen atoms in total. The fourth-order valence-electron chi connectivity index (χ4n) is 2.64. The summed E-state index contributed by atoms with van der Waals surface area (Å²) in [5.41, 5.74) is 0.461. The first-order valence-corrected chi connectivity index (χ1v) is 9.87. The molecule has 0 aromatic heterocycles. The summed E-state index contributed by atoms with van der Waals surface area (Å²) in [5.74, 6) is 0.283. The van der Waals surface area contributed by atoms with E-state index in [1.54, 1.807) is 12.1 Å². The highest BCUT2D eigenvalue weighted by molar-refractivity contribution is 9.10. The van der Waals surface area contributed by atoms with Crippen LogP contribution in [0.1, 0.15) is 30.1 Å². The lowest BCUT2D eigenvalue weighted by molar-refractivity contribution is 0.0965. The quantitative estimate of drug-likeness (QED) is 0.688. The second kappa shape index (κ2) is 10.5. The Bertz CT molecular complexity index is 684. The molecule has 0 unspecified atom stereocenters. The molecule has 0 aliphatic carbocycles. The summed E-state index contributed by atoms with van der Waals surface area (Å²) in [7, 11) is 0. The third-order valence-corrected chi connectivity index (χ3v) is 4.92. The number of nitrogens with one attached hydrogen (secondary N) is 1. The monoisotopic (exact) mass is 438 g/mol. The molecule has 0 bridgehead atoms. The van der Waals surface area contributed by atoms with E-state index in [-0.39, 0.29) is 5.91 Å². The molecular formula is C18H23BrN4O2S. The number of nitrogens with zero attached hydrogens (tertiary/aromatic N) is 3.